The normalized spacial score (nSPS) is 10.4. The van der Waals surface area contributed by atoms with Crippen molar-refractivity contribution in [2.24, 2.45) is 0 Å². The second-order valence-electron chi connectivity index (χ2n) is 2.74. The van der Waals surface area contributed by atoms with E-state index < -0.39 is 11.8 Å². The van der Waals surface area contributed by atoms with Crippen LogP contribution in [0.4, 0.5) is 4.39 Å². The number of nitrogens with one attached hydrogen (secondary N) is 1. The van der Waals surface area contributed by atoms with Gasteiger partial charge in [-0.1, -0.05) is 0 Å². The molecule has 1 aromatic heterocycles. The number of ether oxygens (including phenoxy) is 1. The van der Waals surface area contributed by atoms with Gasteiger partial charge in [-0.25, -0.2) is 14.2 Å². The zero-order valence-corrected chi connectivity index (χ0v) is 7.37. The van der Waals surface area contributed by atoms with E-state index in [0.29, 0.717) is 11.0 Å². The van der Waals surface area contributed by atoms with Gasteiger partial charge in [0.1, 0.15) is 5.82 Å². The van der Waals surface area contributed by atoms with E-state index in [1.807, 2.05) is 0 Å². The number of carbonyl (C=O) groups excluding carboxylic acids is 1. The number of methoxy groups -OCH3 is 1. The molecule has 2 rings (SSSR count). The highest BCUT2D eigenvalue weighted by molar-refractivity contribution is 5.93. The van der Waals surface area contributed by atoms with Crippen molar-refractivity contribution in [1.82, 2.24) is 9.97 Å². The Bertz CT molecular complexity index is 493. The molecule has 4 nitrogen and oxygen atoms in total. The number of nitrogens with zero attached hydrogens (tertiary/aromatic N) is 1. The third-order valence-electron chi connectivity index (χ3n) is 1.91. The molecule has 72 valence electrons. The first-order valence-corrected chi connectivity index (χ1v) is 3.93. The second-order valence-corrected chi connectivity index (χ2v) is 2.74. The van der Waals surface area contributed by atoms with Gasteiger partial charge in [0.05, 0.1) is 30.0 Å². The first kappa shape index (κ1) is 8.68. The fraction of sp³-hybridized carbons (Fsp3) is 0.111. The van der Waals surface area contributed by atoms with Crippen LogP contribution in [0, 0.1) is 5.82 Å². The largest absolute Gasteiger partial charge is 0.465 e. The minimum absolute atomic E-state index is 0.105. The number of aromatic nitrogens is 2. The smallest absolute Gasteiger partial charge is 0.340 e. The number of halogens is 1. The number of aromatic amines is 1. The van der Waals surface area contributed by atoms with Gasteiger partial charge in [-0.05, 0) is 6.07 Å². The number of benzene rings is 1. The van der Waals surface area contributed by atoms with E-state index in [0.717, 1.165) is 0 Å². The molecule has 0 fully saturated rings. The van der Waals surface area contributed by atoms with E-state index in [2.05, 4.69) is 14.7 Å². The van der Waals surface area contributed by atoms with Crippen LogP contribution < -0.4 is 0 Å². The Hall–Kier alpha value is -1.91. The summed E-state index contributed by atoms with van der Waals surface area (Å²) in [7, 11) is 1.20. The van der Waals surface area contributed by atoms with E-state index in [-0.39, 0.29) is 5.56 Å². The lowest BCUT2D eigenvalue weighted by atomic mass is 10.2. The average molecular weight is 194 g/mol. The van der Waals surface area contributed by atoms with Crippen molar-refractivity contribution < 1.29 is 13.9 Å². The monoisotopic (exact) mass is 194 g/mol. The number of hydrogen-bond donors (Lipinski definition) is 1. The number of carbonyl (C=O) groups is 1. The van der Waals surface area contributed by atoms with Gasteiger partial charge in [0.25, 0.3) is 0 Å². The van der Waals surface area contributed by atoms with Crippen molar-refractivity contribution >= 4 is 17.0 Å². The predicted molar refractivity (Wildman–Crippen MR) is 47.4 cm³/mol. The van der Waals surface area contributed by atoms with Gasteiger partial charge < -0.3 is 9.72 Å². The lowest BCUT2D eigenvalue weighted by molar-refractivity contribution is 0.0595. The Kier molecular flexibility index (Phi) is 1.92. The van der Waals surface area contributed by atoms with Gasteiger partial charge in [0.15, 0.2) is 0 Å². The number of esters is 1. The Morgan fingerprint density at radius 2 is 2.36 bits per heavy atom. The van der Waals surface area contributed by atoms with Crippen molar-refractivity contribution in [2.45, 2.75) is 0 Å². The molecule has 2 aromatic rings. The van der Waals surface area contributed by atoms with Gasteiger partial charge in [0, 0.05) is 6.07 Å². The predicted octanol–water partition coefficient (Wildman–Crippen LogP) is 1.49. The molecule has 14 heavy (non-hydrogen) atoms. The highest BCUT2D eigenvalue weighted by Crippen LogP contribution is 2.16. The first-order chi connectivity index (χ1) is 6.72. The number of H-pyrrole nitrogens is 1. The van der Waals surface area contributed by atoms with Gasteiger partial charge in [-0.2, -0.15) is 0 Å². The van der Waals surface area contributed by atoms with Crippen LogP contribution in [0.3, 0.4) is 0 Å². The van der Waals surface area contributed by atoms with Gasteiger partial charge in [0.2, 0.25) is 0 Å². The van der Waals surface area contributed by atoms with Gasteiger partial charge in [-0.15, -0.1) is 0 Å². The summed E-state index contributed by atoms with van der Waals surface area (Å²) >= 11 is 0. The molecule has 0 atom stereocenters. The van der Waals surface area contributed by atoms with E-state index >= 15 is 0 Å². The number of rotatable bonds is 1. The third-order valence-corrected chi connectivity index (χ3v) is 1.91. The van der Waals surface area contributed by atoms with Crippen LogP contribution in [0.1, 0.15) is 10.4 Å². The van der Waals surface area contributed by atoms with E-state index in [1.54, 1.807) is 0 Å². The molecule has 5 heteroatoms. The van der Waals surface area contributed by atoms with E-state index in [9.17, 15) is 9.18 Å². The SMILES string of the molecule is COC(=O)c1cc2nc[nH]c2cc1F. The molecule has 0 spiro atoms. The van der Waals surface area contributed by atoms with Crippen LogP contribution >= 0.6 is 0 Å². The van der Waals surface area contributed by atoms with Crippen molar-refractivity contribution in [2.75, 3.05) is 7.11 Å². The average Bonchev–Trinajstić information content (AvgIpc) is 2.62. The van der Waals surface area contributed by atoms with E-state index in [1.165, 1.54) is 25.6 Å². The molecule has 0 bridgehead atoms. The maximum absolute atomic E-state index is 13.3. The topological polar surface area (TPSA) is 55.0 Å². The zero-order valence-electron chi connectivity index (χ0n) is 7.37. The van der Waals surface area contributed by atoms with Crippen LogP contribution in [-0.4, -0.2) is 23.0 Å². The molecule has 0 radical (unpaired) electrons. The molecule has 0 aliphatic heterocycles. The van der Waals surface area contributed by atoms with Crippen molar-refractivity contribution in [3.63, 3.8) is 0 Å². The molecular weight excluding hydrogens is 187 g/mol. The molecular formula is C9H7FN2O2. The summed E-state index contributed by atoms with van der Waals surface area (Å²) in [5, 5.41) is 0. The quantitative estimate of drug-likeness (QED) is 0.699. The fourth-order valence-electron chi connectivity index (χ4n) is 1.22. The molecule has 1 heterocycles. The Morgan fingerprint density at radius 3 is 3.07 bits per heavy atom. The summed E-state index contributed by atoms with van der Waals surface area (Å²) in [4.78, 5) is 17.7. The summed E-state index contributed by atoms with van der Waals surface area (Å²) in [6.07, 6.45) is 1.44. The maximum atomic E-state index is 13.3. The Labute approximate surface area is 78.7 Å². The minimum Gasteiger partial charge on any atom is -0.465 e. The summed E-state index contributed by atoms with van der Waals surface area (Å²) in [5.74, 6) is -1.32. The second kappa shape index (κ2) is 3.10. The summed E-state index contributed by atoms with van der Waals surface area (Å²) in [5.41, 5.74) is 0.981. The molecule has 0 aliphatic rings. The van der Waals surface area contributed by atoms with Crippen LogP contribution in [0.15, 0.2) is 18.5 Å². The summed E-state index contributed by atoms with van der Waals surface area (Å²) < 4.78 is 17.7. The maximum Gasteiger partial charge on any atom is 0.340 e. The van der Waals surface area contributed by atoms with Gasteiger partial charge >= 0.3 is 5.97 Å². The lowest BCUT2D eigenvalue weighted by Gasteiger charge is -2.00. The van der Waals surface area contributed by atoms with Crippen molar-refractivity contribution in [3.05, 3.63) is 29.8 Å². The zero-order chi connectivity index (χ0) is 10.1. The number of imidazole rings is 1. The summed E-state index contributed by atoms with van der Waals surface area (Å²) in [6.45, 7) is 0. The standard InChI is InChI=1S/C9H7FN2O2/c1-14-9(13)5-2-7-8(3-6(5)10)12-4-11-7/h2-4H,1H3,(H,11,12). The van der Waals surface area contributed by atoms with Crippen molar-refractivity contribution in [3.8, 4) is 0 Å². The molecule has 0 saturated heterocycles. The molecule has 1 aromatic carbocycles. The third kappa shape index (κ3) is 1.22. The molecule has 0 amide bonds. The Balaban J connectivity index is 2.64. The minimum atomic E-state index is -0.701. The van der Waals surface area contributed by atoms with Crippen LogP contribution in [0.25, 0.3) is 11.0 Å². The Morgan fingerprint density at radius 1 is 1.57 bits per heavy atom. The molecule has 0 aliphatic carbocycles. The van der Waals surface area contributed by atoms with E-state index in [4.69, 9.17) is 0 Å². The molecule has 0 unspecified atom stereocenters. The lowest BCUT2D eigenvalue weighted by Crippen LogP contribution is -2.04. The van der Waals surface area contributed by atoms with Crippen LogP contribution in [0.2, 0.25) is 0 Å². The highest BCUT2D eigenvalue weighted by atomic mass is 19.1. The number of hydrogen-bond acceptors (Lipinski definition) is 3. The van der Waals surface area contributed by atoms with Gasteiger partial charge in [-0.3, -0.25) is 0 Å². The first-order valence-electron chi connectivity index (χ1n) is 3.93. The fourth-order valence-corrected chi connectivity index (χ4v) is 1.22. The molecule has 1 N–H and O–H groups in total. The summed E-state index contributed by atoms with van der Waals surface area (Å²) in [6, 6.07) is 2.57. The van der Waals surface area contributed by atoms with Crippen molar-refractivity contribution in [1.29, 1.82) is 0 Å². The molecule has 0 saturated carbocycles. The van der Waals surface area contributed by atoms with Crippen LogP contribution in [0.5, 0.6) is 0 Å². The number of fused-ring (bicyclic) bond motifs is 1. The highest BCUT2D eigenvalue weighted by Gasteiger charge is 2.13. The van der Waals surface area contributed by atoms with Crippen LogP contribution in [-0.2, 0) is 4.74 Å².